The van der Waals surface area contributed by atoms with E-state index in [1.54, 1.807) is 13.2 Å². The fraction of sp³-hybridized carbons (Fsp3) is 0.500. The van der Waals surface area contributed by atoms with Gasteiger partial charge in [-0.3, -0.25) is 9.59 Å². The number of carbonyl (C=O) groups excluding carboxylic acids is 1. The molecular weight excluding hydrogens is 210 g/mol. The predicted molar refractivity (Wildman–Crippen MR) is 59.5 cm³/mol. The summed E-state index contributed by atoms with van der Waals surface area (Å²) in [6.45, 7) is 2.44. The number of hydrogen-bond acceptors (Lipinski definition) is 5. The van der Waals surface area contributed by atoms with Crippen LogP contribution >= 0.6 is 0 Å². The van der Waals surface area contributed by atoms with Crippen LogP contribution in [0, 0.1) is 0 Å². The Morgan fingerprint density at radius 2 is 2.31 bits per heavy atom. The fourth-order valence-corrected chi connectivity index (χ4v) is 1.28. The molecule has 0 bridgehead atoms. The van der Waals surface area contributed by atoms with Crippen molar-refractivity contribution < 1.29 is 9.53 Å². The molecule has 0 N–H and O–H groups in total. The van der Waals surface area contributed by atoms with Crippen LogP contribution < -0.4 is 10.5 Å². The Bertz CT molecular complexity index is 428. The number of aryl methyl sites for hydroxylation is 1. The number of nitrogens with zero attached hydrogens (tertiary/aromatic N) is 3. The van der Waals surface area contributed by atoms with Gasteiger partial charge in [-0.1, -0.05) is 0 Å². The number of anilines is 1. The molecule has 0 fully saturated rings. The van der Waals surface area contributed by atoms with E-state index in [9.17, 15) is 9.59 Å². The van der Waals surface area contributed by atoms with Gasteiger partial charge in [0.1, 0.15) is 6.54 Å². The van der Waals surface area contributed by atoms with Gasteiger partial charge in [0, 0.05) is 26.0 Å². The first kappa shape index (κ1) is 12.2. The van der Waals surface area contributed by atoms with Gasteiger partial charge >= 0.3 is 5.97 Å². The van der Waals surface area contributed by atoms with Gasteiger partial charge in [-0.05, 0) is 6.92 Å². The standard InChI is InChI=1S/C10H15N3O3/c1-4-13-6-5-11-9(10(13)15)12(2)7-8(14)16-3/h5-6H,4,7H2,1-3H3. The summed E-state index contributed by atoms with van der Waals surface area (Å²) in [6, 6.07) is 0. The average Bonchev–Trinajstić information content (AvgIpc) is 2.29. The van der Waals surface area contributed by atoms with Crippen molar-refractivity contribution >= 4 is 11.8 Å². The Morgan fingerprint density at radius 1 is 1.62 bits per heavy atom. The van der Waals surface area contributed by atoms with E-state index in [1.165, 1.54) is 22.8 Å². The molecule has 6 nitrogen and oxygen atoms in total. The number of ether oxygens (including phenoxy) is 1. The monoisotopic (exact) mass is 225 g/mol. The van der Waals surface area contributed by atoms with E-state index in [0.717, 1.165) is 0 Å². The molecule has 0 aliphatic carbocycles. The van der Waals surface area contributed by atoms with Crippen LogP contribution in [0.4, 0.5) is 5.82 Å². The lowest BCUT2D eigenvalue weighted by molar-refractivity contribution is -0.138. The van der Waals surface area contributed by atoms with Crippen molar-refractivity contribution in [3.05, 3.63) is 22.7 Å². The number of rotatable bonds is 4. The predicted octanol–water partition coefficient (Wildman–Crippen LogP) is -0.128. The average molecular weight is 225 g/mol. The molecule has 1 aromatic heterocycles. The lowest BCUT2D eigenvalue weighted by Crippen LogP contribution is -2.34. The van der Waals surface area contributed by atoms with Gasteiger partial charge in [-0.15, -0.1) is 0 Å². The highest BCUT2D eigenvalue weighted by Gasteiger charge is 2.12. The molecule has 88 valence electrons. The Hall–Kier alpha value is -1.85. The summed E-state index contributed by atoms with van der Waals surface area (Å²) >= 11 is 0. The molecule has 0 aliphatic rings. The third-order valence-corrected chi connectivity index (χ3v) is 2.19. The van der Waals surface area contributed by atoms with Gasteiger partial charge in [0.25, 0.3) is 5.56 Å². The quantitative estimate of drug-likeness (QED) is 0.668. The largest absolute Gasteiger partial charge is 0.468 e. The molecule has 6 heteroatoms. The van der Waals surface area contributed by atoms with E-state index in [1.807, 2.05) is 6.92 Å². The SMILES string of the molecule is CCn1ccnc(N(C)CC(=O)OC)c1=O. The Kier molecular flexibility index (Phi) is 4.04. The molecule has 1 heterocycles. The topological polar surface area (TPSA) is 64.4 Å². The maximum absolute atomic E-state index is 11.8. The molecule has 0 unspecified atom stereocenters. The van der Waals surface area contributed by atoms with Crippen LogP contribution in [0.25, 0.3) is 0 Å². The first-order valence-corrected chi connectivity index (χ1v) is 4.93. The van der Waals surface area contributed by atoms with Crippen molar-refractivity contribution in [2.24, 2.45) is 0 Å². The highest BCUT2D eigenvalue weighted by Crippen LogP contribution is 2.00. The van der Waals surface area contributed by atoms with Crippen LogP contribution in [0.1, 0.15) is 6.92 Å². The second kappa shape index (κ2) is 5.29. The zero-order valence-corrected chi connectivity index (χ0v) is 9.64. The first-order valence-electron chi connectivity index (χ1n) is 4.93. The fourth-order valence-electron chi connectivity index (χ4n) is 1.28. The number of methoxy groups -OCH3 is 1. The zero-order chi connectivity index (χ0) is 12.1. The molecule has 0 aromatic carbocycles. The molecule has 16 heavy (non-hydrogen) atoms. The number of esters is 1. The van der Waals surface area contributed by atoms with Crippen molar-refractivity contribution in [2.45, 2.75) is 13.5 Å². The molecule has 0 spiro atoms. The molecule has 0 saturated carbocycles. The smallest absolute Gasteiger partial charge is 0.325 e. The maximum Gasteiger partial charge on any atom is 0.325 e. The summed E-state index contributed by atoms with van der Waals surface area (Å²) in [4.78, 5) is 28.3. The van der Waals surface area contributed by atoms with Crippen LogP contribution in [-0.4, -0.2) is 36.2 Å². The van der Waals surface area contributed by atoms with Crippen molar-refractivity contribution in [3.63, 3.8) is 0 Å². The van der Waals surface area contributed by atoms with Crippen molar-refractivity contribution in [1.82, 2.24) is 9.55 Å². The van der Waals surface area contributed by atoms with Gasteiger partial charge in [0.05, 0.1) is 7.11 Å². The molecule has 1 aromatic rings. The van der Waals surface area contributed by atoms with Crippen LogP contribution in [0.5, 0.6) is 0 Å². The van der Waals surface area contributed by atoms with Crippen molar-refractivity contribution in [2.75, 3.05) is 25.6 Å². The maximum atomic E-state index is 11.8. The molecule has 0 amide bonds. The zero-order valence-electron chi connectivity index (χ0n) is 9.64. The van der Waals surface area contributed by atoms with E-state index >= 15 is 0 Å². The van der Waals surface area contributed by atoms with Crippen molar-refractivity contribution in [3.8, 4) is 0 Å². The van der Waals surface area contributed by atoms with E-state index in [4.69, 9.17) is 0 Å². The van der Waals surface area contributed by atoms with Gasteiger partial charge in [0.15, 0.2) is 5.82 Å². The molecule has 0 aliphatic heterocycles. The second-order valence-corrected chi connectivity index (χ2v) is 3.27. The summed E-state index contributed by atoms with van der Waals surface area (Å²) in [5.41, 5.74) is -0.212. The lowest BCUT2D eigenvalue weighted by atomic mass is 10.5. The molecule has 0 saturated heterocycles. The normalized spacial score (nSPS) is 9.94. The van der Waals surface area contributed by atoms with Gasteiger partial charge < -0.3 is 14.2 Å². The number of aromatic nitrogens is 2. The van der Waals surface area contributed by atoms with E-state index < -0.39 is 5.97 Å². The van der Waals surface area contributed by atoms with Crippen LogP contribution in [0.2, 0.25) is 0 Å². The summed E-state index contributed by atoms with van der Waals surface area (Å²) in [5, 5.41) is 0. The molecular formula is C10H15N3O3. The van der Waals surface area contributed by atoms with Gasteiger partial charge in [-0.2, -0.15) is 0 Å². The van der Waals surface area contributed by atoms with Crippen LogP contribution in [0.3, 0.4) is 0 Å². The Labute approximate surface area is 93.5 Å². The highest BCUT2D eigenvalue weighted by molar-refractivity contribution is 5.74. The second-order valence-electron chi connectivity index (χ2n) is 3.27. The Morgan fingerprint density at radius 3 is 2.88 bits per heavy atom. The number of hydrogen-bond donors (Lipinski definition) is 0. The molecule has 0 radical (unpaired) electrons. The minimum atomic E-state index is -0.407. The van der Waals surface area contributed by atoms with Crippen LogP contribution in [0.15, 0.2) is 17.2 Å². The van der Waals surface area contributed by atoms with E-state index in [0.29, 0.717) is 6.54 Å². The minimum absolute atomic E-state index is 0.00642. The van der Waals surface area contributed by atoms with E-state index in [2.05, 4.69) is 9.72 Å². The van der Waals surface area contributed by atoms with Crippen LogP contribution in [-0.2, 0) is 16.1 Å². The Balaban J connectivity index is 2.95. The summed E-state index contributed by atoms with van der Waals surface area (Å²) in [6.07, 6.45) is 3.14. The van der Waals surface area contributed by atoms with Gasteiger partial charge in [0.2, 0.25) is 0 Å². The minimum Gasteiger partial charge on any atom is -0.468 e. The number of likely N-dealkylation sites (N-methyl/N-ethyl adjacent to an activating group) is 1. The lowest BCUT2D eigenvalue weighted by Gasteiger charge is -2.16. The summed E-state index contributed by atoms with van der Waals surface area (Å²) in [7, 11) is 2.93. The summed E-state index contributed by atoms with van der Waals surface area (Å²) < 4.78 is 6.05. The third kappa shape index (κ3) is 2.59. The van der Waals surface area contributed by atoms with Crippen molar-refractivity contribution in [1.29, 1.82) is 0 Å². The molecule has 0 atom stereocenters. The summed E-state index contributed by atoms with van der Waals surface area (Å²) in [5.74, 6) is -0.162. The van der Waals surface area contributed by atoms with E-state index in [-0.39, 0.29) is 17.9 Å². The number of carbonyl (C=O) groups is 1. The third-order valence-electron chi connectivity index (χ3n) is 2.19. The molecule has 1 rings (SSSR count). The van der Waals surface area contributed by atoms with Gasteiger partial charge in [-0.25, -0.2) is 4.98 Å². The highest BCUT2D eigenvalue weighted by atomic mass is 16.5. The first-order chi connectivity index (χ1) is 7.60.